The standard InChI is InChI=1S/C62H41N3/c1-61(2)49-21-9-6-17-43(49)45-34-32-42(36-53(45)61)56-37-55(39-15-4-3-5-16-39)63-60(64-56)40-29-27-38(28-30-40)41-31-33-46-44-18-7-10-22-50(44)62(54(46)35-41)51-23-11-13-26-58(51)65-57-25-12-8-19-47(57)48-20-14-24-52(62)59(48)65/h3-37H,1-2H3. The Morgan fingerprint density at radius 2 is 0.908 bits per heavy atom. The lowest BCUT2D eigenvalue weighted by molar-refractivity contribution is 0.660. The monoisotopic (exact) mass is 827 g/mol. The van der Waals surface area contributed by atoms with E-state index < -0.39 is 5.41 Å². The molecule has 0 N–H and O–H groups in total. The fraction of sp³-hybridized carbons (Fsp3) is 0.0645. The van der Waals surface area contributed by atoms with Gasteiger partial charge in [0.25, 0.3) is 0 Å². The first-order valence-electron chi connectivity index (χ1n) is 22.7. The number of hydrogen-bond acceptors (Lipinski definition) is 2. The summed E-state index contributed by atoms with van der Waals surface area (Å²) in [5, 5.41) is 2.57. The van der Waals surface area contributed by atoms with Crippen LogP contribution in [0.4, 0.5) is 0 Å². The molecule has 1 atom stereocenters. The van der Waals surface area contributed by atoms with Crippen molar-refractivity contribution in [3.05, 3.63) is 246 Å². The molecule has 9 aromatic carbocycles. The summed E-state index contributed by atoms with van der Waals surface area (Å²) >= 11 is 0. The van der Waals surface area contributed by atoms with Crippen molar-refractivity contribution in [1.82, 2.24) is 14.5 Å². The molecule has 0 saturated heterocycles. The molecule has 0 fully saturated rings. The fourth-order valence-corrected chi connectivity index (χ4v) is 11.9. The van der Waals surface area contributed by atoms with Crippen molar-refractivity contribution in [2.45, 2.75) is 24.7 Å². The van der Waals surface area contributed by atoms with Crippen LogP contribution in [0.2, 0.25) is 0 Å². The lowest BCUT2D eigenvalue weighted by atomic mass is 9.65. The topological polar surface area (TPSA) is 30.7 Å². The van der Waals surface area contributed by atoms with E-state index in [0.717, 1.165) is 33.6 Å². The number of rotatable bonds is 4. The largest absolute Gasteiger partial charge is 0.309 e. The SMILES string of the molecule is CC1(C)c2ccccc2-c2ccc(-c3cc(-c4ccccc4)nc(-c4ccc(-c5ccc6c(c5)C5(c7ccccc7-6)c6ccccc6-n6c7ccccc7c7cccc5c76)cc4)n3)cc21. The van der Waals surface area contributed by atoms with Crippen molar-refractivity contribution in [3.63, 3.8) is 0 Å². The molecule has 14 rings (SSSR count). The maximum atomic E-state index is 5.31. The number of benzene rings is 9. The van der Waals surface area contributed by atoms with Gasteiger partial charge in [-0.05, 0) is 97.1 Å². The molecule has 0 amide bonds. The lowest BCUT2D eigenvalue weighted by Crippen LogP contribution is -2.33. The van der Waals surface area contributed by atoms with Gasteiger partial charge in [-0.1, -0.05) is 196 Å². The first-order valence-corrected chi connectivity index (χ1v) is 22.7. The lowest BCUT2D eigenvalue weighted by Gasteiger charge is -2.39. The molecule has 65 heavy (non-hydrogen) atoms. The van der Waals surface area contributed by atoms with Crippen LogP contribution in [-0.2, 0) is 10.8 Å². The number of para-hydroxylation sites is 3. The Labute approximate surface area is 378 Å². The molecule has 3 heterocycles. The first-order chi connectivity index (χ1) is 32.0. The summed E-state index contributed by atoms with van der Waals surface area (Å²) in [5.41, 5.74) is 23.6. The van der Waals surface area contributed by atoms with E-state index in [1.54, 1.807) is 0 Å². The van der Waals surface area contributed by atoms with Gasteiger partial charge >= 0.3 is 0 Å². The molecule has 0 saturated carbocycles. The summed E-state index contributed by atoms with van der Waals surface area (Å²) in [7, 11) is 0. The minimum atomic E-state index is -0.500. The minimum Gasteiger partial charge on any atom is -0.309 e. The minimum absolute atomic E-state index is 0.108. The molecule has 3 aliphatic rings. The average molecular weight is 828 g/mol. The second-order valence-corrected chi connectivity index (χ2v) is 18.5. The highest BCUT2D eigenvalue weighted by Crippen LogP contribution is 2.61. The predicted molar refractivity (Wildman–Crippen MR) is 267 cm³/mol. The average Bonchev–Trinajstić information content (AvgIpc) is 3.95. The maximum absolute atomic E-state index is 5.31. The van der Waals surface area contributed by atoms with Crippen molar-refractivity contribution >= 4 is 21.8 Å². The summed E-state index contributed by atoms with van der Waals surface area (Å²) < 4.78 is 2.51. The van der Waals surface area contributed by atoms with Crippen LogP contribution in [-0.4, -0.2) is 14.5 Å². The zero-order valence-corrected chi connectivity index (χ0v) is 36.0. The molecular formula is C62H41N3. The zero-order chi connectivity index (χ0) is 43.0. The van der Waals surface area contributed by atoms with E-state index in [1.165, 1.54) is 88.7 Å². The summed E-state index contributed by atoms with van der Waals surface area (Å²) in [4.78, 5) is 10.5. The molecule has 1 aliphatic heterocycles. The van der Waals surface area contributed by atoms with Gasteiger partial charge in [0.15, 0.2) is 5.82 Å². The zero-order valence-electron chi connectivity index (χ0n) is 36.0. The Morgan fingerprint density at radius 3 is 1.72 bits per heavy atom. The Bertz CT molecular complexity index is 3800. The van der Waals surface area contributed by atoms with Crippen molar-refractivity contribution in [1.29, 1.82) is 0 Å². The van der Waals surface area contributed by atoms with Crippen LogP contribution >= 0.6 is 0 Å². The van der Waals surface area contributed by atoms with Gasteiger partial charge in [0.05, 0.1) is 33.5 Å². The van der Waals surface area contributed by atoms with E-state index in [9.17, 15) is 0 Å². The Hall–Kier alpha value is -8.14. The van der Waals surface area contributed by atoms with E-state index >= 15 is 0 Å². The third-order valence-corrected chi connectivity index (χ3v) is 14.8. The third-order valence-electron chi connectivity index (χ3n) is 14.8. The van der Waals surface area contributed by atoms with E-state index in [1.807, 2.05) is 0 Å². The first kappa shape index (κ1) is 36.4. The van der Waals surface area contributed by atoms with Gasteiger partial charge in [-0.25, -0.2) is 9.97 Å². The van der Waals surface area contributed by atoms with E-state index in [0.29, 0.717) is 5.82 Å². The van der Waals surface area contributed by atoms with Crippen LogP contribution < -0.4 is 0 Å². The Kier molecular flexibility index (Phi) is 7.38. The molecule has 0 bridgehead atoms. The third kappa shape index (κ3) is 4.90. The van der Waals surface area contributed by atoms with Crippen molar-refractivity contribution in [3.8, 4) is 73.0 Å². The highest BCUT2D eigenvalue weighted by molar-refractivity contribution is 6.13. The van der Waals surface area contributed by atoms with E-state index in [4.69, 9.17) is 9.97 Å². The second-order valence-electron chi connectivity index (χ2n) is 18.5. The van der Waals surface area contributed by atoms with Crippen LogP contribution in [0, 0.1) is 0 Å². The Balaban J connectivity index is 0.911. The Morgan fingerprint density at radius 1 is 0.354 bits per heavy atom. The van der Waals surface area contributed by atoms with Crippen LogP contribution in [0.1, 0.15) is 47.2 Å². The molecule has 2 aliphatic carbocycles. The smallest absolute Gasteiger partial charge is 0.160 e. The molecule has 11 aromatic rings. The van der Waals surface area contributed by atoms with Crippen LogP contribution in [0.5, 0.6) is 0 Å². The molecule has 3 nitrogen and oxygen atoms in total. The van der Waals surface area contributed by atoms with Gasteiger partial charge in [0, 0.05) is 32.9 Å². The van der Waals surface area contributed by atoms with Crippen molar-refractivity contribution < 1.29 is 0 Å². The van der Waals surface area contributed by atoms with Gasteiger partial charge < -0.3 is 4.57 Å². The number of fused-ring (bicyclic) bond motifs is 15. The summed E-state index contributed by atoms with van der Waals surface area (Å²) in [5.74, 6) is 0.710. The molecule has 1 spiro atoms. The van der Waals surface area contributed by atoms with E-state index in [2.05, 4.69) is 231 Å². The quantitative estimate of drug-likeness (QED) is 0.177. The molecule has 0 radical (unpaired) electrons. The van der Waals surface area contributed by atoms with Crippen LogP contribution in [0.3, 0.4) is 0 Å². The predicted octanol–water partition coefficient (Wildman–Crippen LogP) is 15.2. The second kappa shape index (κ2) is 13.2. The maximum Gasteiger partial charge on any atom is 0.160 e. The van der Waals surface area contributed by atoms with Gasteiger partial charge in [-0.15, -0.1) is 0 Å². The van der Waals surface area contributed by atoms with E-state index in [-0.39, 0.29) is 5.41 Å². The van der Waals surface area contributed by atoms with Crippen LogP contribution in [0.25, 0.3) is 94.8 Å². The molecule has 2 aromatic heterocycles. The van der Waals surface area contributed by atoms with Gasteiger partial charge in [0.1, 0.15) is 0 Å². The highest BCUT2D eigenvalue weighted by Gasteiger charge is 2.51. The molecule has 3 heteroatoms. The van der Waals surface area contributed by atoms with Gasteiger partial charge in [0.2, 0.25) is 0 Å². The summed E-state index contributed by atoms with van der Waals surface area (Å²) in [6.45, 7) is 4.66. The van der Waals surface area contributed by atoms with Gasteiger partial charge in [-0.3, -0.25) is 0 Å². The number of aromatic nitrogens is 3. The van der Waals surface area contributed by atoms with Gasteiger partial charge in [-0.2, -0.15) is 0 Å². The van der Waals surface area contributed by atoms with Crippen molar-refractivity contribution in [2.75, 3.05) is 0 Å². The highest BCUT2D eigenvalue weighted by atomic mass is 15.0. The molecular weight excluding hydrogens is 787 g/mol. The normalized spacial score (nSPS) is 15.7. The molecule has 304 valence electrons. The molecule has 1 unspecified atom stereocenters. The van der Waals surface area contributed by atoms with Crippen LogP contribution in [0.15, 0.2) is 212 Å². The fourth-order valence-electron chi connectivity index (χ4n) is 11.9. The number of hydrogen-bond donors (Lipinski definition) is 0. The number of nitrogens with zero attached hydrogens (tertiary/aromatic N) is 3. The summed E-state index contributed by atoms with van der Waals surface area (Å²) in [6, 6.07) is 78.2. The van der Waals surface area contributed by atoms with Crippen molar-refractivity contribution in [2.24, 2.45) is 0 Å². The summed E-state index contributed by atoms with van der Waals surface area (Å²) in [6.07, 6.45) is 0.